The highest BCUT2D eigenvalue weighted by molar-refractivity contribution is 8.00. The number of nitrogens with zero attached hydrogens (tertiary/aromatic N) is 3. The number of thioether (sulfide) groups is 1. The van der Waals surface area contributed by atoms with E-state index >= 15 is 0 Å². The number of carbonyl (C=O) groups excluding carboxylic acids is 1. The predicted molar refractivity (Wildman–Crippen MR) is 63.1 cm³/mol. The van der Waals surface area contributed by atoms with E-state index in [2.05, 4.69) is 25.2 Å². The molecule has 2 aromatic rings. The minimum atomic E-state index is -1.27. The Kier molecular flexibility index (Phi) is 3.58. The second-order valence-corrected chi connectivity index (χ2v) is 4.94. The predicted octanol–water partition coefficient (Wildman–Crippen LogP) is 1.20. The number of amides is 1. The normalized spacial score (nSPS) is 10.3. The molecule has 2 rings (SSSR count). The van der Waals surface area contributed by atoms with E-state index in [-0.39, 0.29) is 11.5 Å². The molecule has 18 heavy (non-hydrogen) atoms. The van der Waals surface area contributed by atoms with E-state index in [1.54, 1.807) is 0 Å². The van der Waals surface area contributed by atoms with Gasteiger partial charge in [0, 0.05) is 6.07 Å². The average molecular weight is 286 g/mol. The fourth-order valence-corrected chi connectivity index (χ4v) is 2.15. The summed E-state index contributed by atoms with van der Waals surface area (Å²) < 4.78 is 5.30. The first-order valence-corrected chi connectivity index (χ1v) is 6.53. The van der Waals surface area contributed by atoms with Gasteiger partial charge in [-0.05, 0) is 6.26 Å². The number of hydrogen-bond acceptors (Lipinski definition) is 8. The molecular weight excluding hydrogens is 280 g/mol. The van der Waals surface area contributed by atoms with Gasteiger partial charge in [-0.25, -0.2) is 4.79 Å². The van der Waals surface area contributed by atoms with E-state index in [0.29, 0.717) is 9.47 Å². The minimum absolute atomic E-state index is 0.201. The standard InChI is InChI=1S/C8H6N4O4S2/c1-17-8-11-10-7(18-8)9-5(13)4-2-3(6(14)15)12-16-4/h2H,1H3,(H,14,15)(H,9,10,13). The SMILES string of the molecule is CSc1nnc(NC(=O)c2cc(C(=O)O)no2)s1. The molecule has 0 radical (unpaired) electrons. The molecule has 0 aliphatic carbocycles. The third-order valence-electron chi connectivity index (χ3n) is 1.75. The lowest BCUT2D eigenvalue weighted by Gasteiger charge is -1.94. The molecule has 0 spiro atoms. The maximum atomic E-state index is 11.6. The average Bonchev–Trinajstić information content (AvgIpc) is 2.97. The summed E-state index contributed by atoms with van der Waals surface area (Å²) in [7, 11) is 0. The van der Waals surface area contributed by atoms with Crippen LogP contribution in [0.1, 0.15) is 21.0 Å². The molecular formula is C8H6N4O4S2. The molecule has 0 fully saturated rings. The molecule has 0 aromatic carbocycles. The molecule has 1 amide bonds. The van der Waals surface area contributed by atoms with Crippen molar-refractivity contribution >= 4 is 40.1 Å². The van der Waals surface area contributed by atoms with Gasteiger partial charge in [0.1, 0.15) is 0 Å². The summed E-state index contributed by atoms with van der Waals surface area (Å²) in [6.07, 6.45) is 1.84. The summed E-state index contributed by atoms with van der Waals surface area (Å²) in [4.78, 5) is 22.2. The Bertz CT molecular complexity index is 593. The van der Waals surface area contributed by atoms with Gasteiger partial charge in [-0.2, -0.15) is 0 Å². The van der Waals surface area contributed by atoms with Crippen molar-refractivity contribution in [1.29, 1.82) is 0 Å². The van der Waals surface area contributed by atoms with Crippen LogP contribution in [0.5, 0.6) is 0 Å². The topological polar surface area (TPSA) is 118 Å². The highest BCUT2D eigenvalue weighted by Crippen LogP contribution is 2.23. The van der Waals surface area contributed by atoms with Crippen LogP contribution in [-0.2, 0) is 0 Å². The van der Waals surface area contributed by atoms with Gasteiger partial charge in [0.05, 0.1) is 0 Å². The molecule has 0 atom stereocenters. The summed E-state index contributed by atoms with van der Waals surface area (Å²) in [5.41, 5.74) is -0.331. The second kappa shape index (κ2) is 5.14. The van der Waals surface area contributed by atoms with Gasteiger partial charge < -0.3 is 9.63 Å². The minimum Gasteiger partial charge on any atom is -0.476 e. The number of carbonyl (C=O) groups is 2. The lowest BCUT2D eigenvalue weighted by Crippen LogP contribution is -2.10. The lowest BCUT2D eigenvalue weighted by molar-refractivity contribution is 0.0684. The fraction of sp³-hybridized carbons (Fsp3) is 0.125. The van der Waals surface area contributed by atoms with E-state index in [4.69, 9.17) is 5.11 Å². The molecule has 0 saturated heterocycles. The summed E-state index contributed by atoms with van der Waals surface area (Å²) in [5, 5.41) is 22.1. The Hall–Kier alpha value is -1.94. The molecule has 0 saturated carbocycles. The number of carboxylic acids is 1. The first-order valence-electron chi connectivity index (χ1n) is 4.49. The Morgan fingerprint density at radius 2 is 2.28 bits per heavy atom. The van der Waals surface area contributed by atoms with E-state index in [9.17, 15) is 9.59 Å². The molecule has 0 unspecified atom stereocenters. The summed E-state index contributed by atoms with van der Waals surface area (Å²) in [6, 6.07) is 1.04. The van der Waals surface area contributed by atoms with Crippen LogP contribution in [-0.4, -0.2) is 38.6 Å². The van der Waals surface area contributed by atoms with Gasteiger partial charge in [-0.3, -0.25) is 10.1 Å². The first-order chi connectivity index (χ1) is 8.60. The van der Waals surface area contributed by atoms with Gasteiger partial charge in [-0.15, -0.1) is 10.2 Å². The summed E-state index contributed by atoms with van der Waals surface area (Å²) in [6.45, 7) is 0. The van der Waals surface area contributed by atoms with Crippen molar-refractivity contribution in [3.8, 4) is 0 Å². The van der Waals surface area contributed by atoms with Crippen molar-refractivity contribution in [3.05, 3.63) is 17.5 Å². The Balaban J connectivity index is 2.09. The van der Waals surface area contributed by atoms with Gasteiger partial charge in [0.15, 0.2) is 10.0 Å². The quantitative estimate of drug-likeness (QED) is 0.635. The van der Waals surface area contributed by atoms with Gasteiger partial charge in [0.25, 0.3) is 5.91 Å². The van der Waals surface area contributed by atoms with Gasteiger partial charge >= 0.3 is 5.97 Å². The molecule has 0 aliphatic heterocycles. The fourth-order valence-electron chi connectivity index (χ4n) is 0.985. The highest BCUT2D eigenvalue weighted by atomic mass is 32.2. The van der Waals surface area contributed by atoms with Crippen molar-refractivity contribution in [1.82, 2.24) is 15.4 Å². The van der Waals surface area contributed by atoms with Crippen molar-refractivity contribution in [2.45, 2.75) is 4.34 Å². The molecule has 0 aliphatic rings. The largest absolute Gasteiger partial charge is 0.476 e. The summed E-state index contributed by atoms with van der Waals surface area (Å²) >= 11 is 2.60. The van der Waals surface area contributed by atoms with E-state index < -0.39 is 11.9 Å². The number of rotatable bonds is 4. The second-order valence-electron chi connectivity index (χ2n) is 2.91. The zero-order valence-corrected chi connectivity index (χ0v) is 10.5. The van der Waals surface area contributed by atoms with Gasteiger partial charge in [-0.1, -0.05) is 28.3 Å². The smallest absolute Gasteiger partial charge is 0.358 e. The van der Waals surface area contributed by atoms with Crippen molar-refractivity contribution in [2.24, 2.45) is 0 Å². The van der Waals surface area contributed by atoms with Crippen LogP contribution in [0, 0.1) is 0 Å². The number of aromatic carboxylic acids is 1. The Labute approximate surface area is 108 Å². The zero-order chi connectivity index (χ0) is 13.1. The van der Waals surface area contributed by atoms with Crippen LogP contribution < -0.4 is 5.32 Å². The number of nitrogens with one attached hydrogen (secondary N) is 1. The molecule has 0 bridgehead atoms. The van der Waals surface area contributed by atoms with Crippen molar-refractivity contribution in [2.75, 3.05) is 11.6 Å². The maximum Gasteiger partial charge on any atom is 0.358 e. The van der Waals surface area contributed by atoms with Crippen LogP contribution in [0.15, 0.2) is 14.9 Å². The van der Waals surface area contributed by atoms with E-state index in [1.165, 1.54) is 23.1 Å². The zero-order valence-electron chi connectivity index (χ0n) is 8.91. The molecule has 2 N–H and O–H groups in total. The van der Waals surface area contributed by atoms with Crippen LogP contribution in [0.3, 0.4) is 0 Å². The van der Waals surface area contributed by atoms with Crippen LogP contribution >= 0.6 is 23.1 Å². The Morgan fingerprint density at radius 3 is 2.83 bits per heavy atom. The van der Waals surface area contributed by atoms with Crippen molar-refractivity contribution in [3.63, 3.8) is 0 Å². The Morgan fingerprint density at radius 1 is 1.50 bits per heavy atom. The van der Waals surface area contributed by atoms with Crippen molar-refractivity contribution < 1.29 is 19.2 Å². The van der Waals surface area contributed by atoms with E-state index in [0.717, 1.165) is 6.07 Å². The highest BCUT2D eigenvalue weighted by Gasteiger charge is 2.18. The third kappa shape index (κ3) is 2.65. The molecule has 8 nitrogen and oxygen atoms in total. The summed E-state index contributed by atoms with van der Waals surface area (Å²) in [5.74, 6) is -2.09. The monoisotopic (exact) mass is 286 g/mol. The number of carboxylic acid groups (broad SMARTS) is 1. The van der Waals surface area contributed by atoms with E-state index in [1.807, 2.05) is 6.26 Å². The molecule has 94 valence electrons. The molecule has 2 heterocycles. The third-order valence-corrected chi connectivity index (χ3v) is 3.57. The maximum absolute atomic E-state index is 11.6. The van der Waals surface area contributed by atoms with Crippen LogP contribution in [0.2, 0.25) is 0 Å². The number of aromatic nitrogens is 3. The van der Waals surface area contributed by atoms with Crippen LogP contribution in [0.4, 0.5) is 5.13 Å². The molecule has 10 heteroatoms. The lowest BCUT2D eigenvalue weighted by atomic mass is 10.3. The number of anilines is 1. The first kappa shape index (κ1) is 12.5. The van der Waals surface area contributed by atoms with Gasteiger partial charge in [0.2, 0.25) is 10.9 Å². The van der Waals surface area contributed by atoms with Crippen LogP contribution in [0.25, 0.3) is 0 Å². The number of hydrogen-bond donors (Lipinski definition) is 2. The molecule has 2 aromatic heterocycles.